The minimum Gasteiger partial charge on any atom is -0.356 e. The number of sulfonamides is 1. The van der Waals surface area contributed by atoms with Crippen LogP contribution in [0.15, 0.2) is 4.99 Å². The summed E-state index contributed by atoms with van der Waals surface area (Å²) in [5.41, 5.74) is 0. The van der Waals surface area contributed by atoms with Gasteiger partial charge in [0.25, 0.3) is 0 Å². The molecule has 0 aliphatic carbocycles. The molecular formula is C16H37IN4O2S. The van der Waals surface area contributed by atoms with Gasteiger partial charge in [0.2, 0.25) is 10.0 Å². The molecule has 0 amide bonds. The summed E-state index contributed by atoms with van der Waals surface area (Å²) < 4.78 is 24.5. The zero-order valence-electron chi connectivity index (χ0n) is 16.0. The van der Waals surface area contributed by atoms with Gasteiger partial charge in [-0.2, -0.15) is 0 Å². The molecule has 0 aromatic rings. The van der Waals surface area contributed by atoms with Crippen molar-refractivity contribution in [1.82, 2.24) is 14.9 Å². The number of nitrogens with one attached hydrogen (secondary N) is 2. The van der Waals surface area contributed by atoms with Gasteiger partial charge < -0.3 is 10.6 Å². The second kappa shape index (κ2) is 15.2. The van der Waals surface area contributed by atoms with E-state index in [9.17, 15) is 8.42 Å². The lowest BCUT2D eigenvalue weighted by Gasteiger charge is -2.20. The Morgan fingerprint density at radius 2 is 1.83 bits per heavy atom. The van der Waals surface area contributed by atoms with Crippen LogP contribution in [0.1, 0.15) is 59.3 Å². The quantitative estimate of drug-likeness (QED) is 0.197. The van der Waals surface area contributed by atoms with E-state index < -0.39 is 10.0 Å². The summed E-state index contributed by atoms with van der Waals surface area (Å²) in [7, 11) is -1.34. The van der Waals surface area contributed by atoms with Crippen molar-refractivity contribution >= 4 is 40.0 Å². The molecule has 0 rings (SSSR count). The summed E-state index contributed by atoms with van der Waals surface area (Å²) in [6, 6.07) is 0.390. The highest BCUT2D eigenvalue weighted by molar-refractivity contribution is 14.0. The Balaban J connectivity index is 0. The van der Waals surface area contributed by atoms with Crippen LogP contribution in [0.5, 0.6) is 0 Å². The monoisotopic (exact) mass is 476 g/mol. The smallest absolute Gasteiger partial charge is 0.211 e. The van der Waals surface area contributed by atoms with Gasteiger partial charge >= 0.3 is 0 Å². The van der Waals surface area contributed by atoms with Crippen LogP contribution < -0.4 is 10.6 Å². The summed E-state index contributed by atoms with van der Waals surface area (Å²) in [6.45, 7) is 7.99. The Bertz CT molecular complexity index is 430. The third-order valence-electron chi connectivity index (χ3n) is 3.80. The van der Waals surface area contributed by atoms with E-state index >= 15 is 0 Å². The number of hydrogen-bond acceptors (Lipinski definition) is 3. The first-order valence-corrected chi connectivity index (χ1v) is 10.6. The van der Waals surface area contributed by atoms with Crippen LogP contribution >= 0.6 is 24.0 Å². The fourth-order valence-electron chi connectivity index (χ4n) is 2.40. The average molecular weight is 476 g/mol. The summed E-state index contributed by atoms with van der Waals surface area (Å²) in [5, 5.41) is 6.63. The summed E-state index contributed by atoms with van der Waals surface area (Å²) in [4.78, 5) is 4.22. The van der Waals surface area contributed by atoms with E-state index in [4.69, 9.17) is 0 Å². The van der Waals surface area contributed by atoms with E-state index in [2.05, 4.69) is 29.5 Å². The number of nitrogens with zero attached hydrogens (tertiary/aromatic N) is 2. The van der Waals surface area contributed by atoms with Gasteiger partial charge in [-0.25, -0.2) is 12.7 Å². The van der Waals surface area contributed by atoms with Gasteiger partial charge in [0.1, 0.15) is 0 Å². The molecule has 146 valence electrons. The fourth-order valence-corrected chi connectivity index (χ4v) is 3.33. The van der Waals surface area contributed by atoms with Crippen molar-refractivity contribution in [2.75, 3.05) is 32.9 Å². The number of halogens is 1. The summed E-state index contributed by atoms with van der Waals surface area (Å²) in [5.74, 6) is 0.787. The molecule has 0 saturated heterocycles. The molecule has 1 atom stereocenters. The SMILES string of the molecule is CCCCCCC(C)NC(=NC)NCCCN(CC)S(C)(=O)=O.I. The first-order chi connectivity index (χ1) is 10.8. The van der Waals surface area contributed by atoms with Crippen molar-refractivity contribution in [3.63, 3.8) is 0 Å². The van der Waals surface area contributed by atoms with Crippen LogP contribution in [0.4, 0.5) is 0 Å². The normalized spacial score (nSPS) is 13.5. The first kappa shape index (κ1) is 26.1. The Morgan fingerprint density at radius 1 is 1.17 bits per heavy atom. The topological polar surface area (TPSA) is 73.8 Å². The van der Waals surface area contributed by atoms with E-state index in [-0.39, 0.29) is 24.0 Å². The molecule has 0 radical (unpaired) electrons. The molecule has 6 nitrogen and oxygen atoms in total. The van der Waals surface area contributed by atoms with Crippen molar-refractivity contribution in [2.24, 2.45) is 4.99 Å². The van der Waals surface area contributed by atoms with Crippen LogP contribution in [0.2, 0.25) is 0 Å². The maximum absolute atomic E-state index is 11.5. The van der Waals surface area contributed by atoms with Gasteiger partial charge in [0.15, 0.2) is 5.96 Å². The molecule has 0 aromatic carbocycles. The van der Waals surface area contributed by atoms with Crippen molar-refractivity contribution in [1.29, 1.82) is 0 Å². The lowest BCUT2D eigenvalue weighted by molar-refractivity contribution is 0.423. The second-order valence-electron chi connectivity index (χ2n) is 6.00. The molecule has 1 unspecified atom stereocenters. The average Bonchev–Trinajstić information content (AvgIpc) is 2.49. The molecule has 8 heteroatoms. The minimum absolute atomic E-state index is 0. The molecule has 0 heterocycles. The molecule has 0 bridgehead atoms. The lowest BCUT2D eigenvalue weighted by atomic mass is 10.1. The van der Waals surface area contributed by atoms with E-state index in [0.29, 0.717) is 25.7 Å². The molecule has 0 aromatic heterocycles. The molecule has 0 fully saturated rings. The highest BCUT2D eigenvalue weighted by Crippen LogP contribution is 2.05. The molecular weight excluding hydrogens is 439 g/mol. The third-order valence-corrected chi connectivity index (χ3v) is 5.17. The number of hydrogen-bond donors (Lipinski definition) is 2. The van der Waals surface area contributed by atoms with Crippen LogP contribution in [0.3, 0.4) is 0 Å². The molecule has 2 N–H and O–H groups in total. The number of rotatable bonds is 12. The highest BCUT2D eigenvalue weighted by Gasteiger charge is 2.13. The number of aliphatic imine (C=N–C) groups is 1. The zero-order valence-corrected chi connectivity index (χ0v) is 19.1. The molecule has 24 heavy (non-hydrogen) atoms. The Labute approximate surface area is 166 Å². The van der Waals surface area contributed by atoms with Crippen molar-refractivity contribution in [3.05, 3.63) is 0 Å². The Morgan fingerprint density at radius 3 is 2.33 bits per heavy atom. The largest absolute Gasteiger partial charge is 0.356 e. The fraction of sp³-hybridized carbons (Fsp3) is 0.938. The van der Waals surface area contributed by atoms with E-state index in [1.54, 1.807) is 7.05 Å². The Hall–Kier alpha value is -0.0900. The van der Waals surface area contributed by atoms with E-state index in [0.717, 1.165) is 18.8 Å². The van der Waals surface area contributed by atoms with Crippen LogP contribution in [-0.4, -0.2) is 57.7 Å². The van der Waals surface area contributed by atoms with Gasteiger partial charge in [-0.3, -0.25) is 4.99 Å². The van der Waals surface area contributed by atoms with Gasteiger partial charge in [0, 0.05) is 32.7 Å². The zero-order chi connectivity index (χ0) is 17.7. The first-order valence-electron chi connectivity index (χ1n) is 8.77. The van der Waals surface area contributed by atoms with Crippen molar-refractivity contribution in [3.8, 4) is 0 Å². The molecule has 0 aliphatic rings. The Kier molecular flexibility index (Phi) is 16.5. The van der Waals surface area contributed by atoms with E-state index in [1.807, 2.05) is 6.92 Å². The van der Waals surface area contributed by atoms with Crippen LogP contribution in [-0.2, 0) is 10.0 Å². The van der Waals surface area contributed by atoms with Gasteiger partial charge in [-0.15, -0.1) is 24.0 Å². The van der Waals surface area contributed by atoms with Gasteiger partial charge in [-0.05, 0) is 19.8 Å². The molecule has 0 saturated carbocycles. The standard InChI is InChI=1S/C16H36N4O2S.HI/c1-6-8-9-10-12-15(3)19-16(17-4)18-13-11-14-20(7-2)23(5,21)22;/h15H,6-14H2,1-5H3,(H2,17,18,19);1H. The van der Waals surface area contributed by atoms with Crippen molar-refractivity contribution < 1.29 is 8.42 Å². The maximum atomic E-state index is 11.5. The van der Waals surface area contributed by atoms with Gasteiger partial charge in [0.05, 0.1) is 6.26 Å². The molecule has 0 aliphatic heterocycles. The number of unbranched alkanes of at least 4 members (excludes halogenated alkanes) is 3. The third kappa shape index (κ3) is 13.2. The lowest BCUT2D eigenvalue weighted by Crippen LogP contribution is -2.43. The van der Waals surface area contributed by atoms with Crippen LogP contribution in [0.25, 0.3) is 0 Å². The van der Waals surface area contributed by atoms with Crippen LogP contribution in [0, 0.1) is 0 Å². The summed E-state index contributed by atoms with van der Waals surface area (Å²) >= 11 is 0. The van der Waals surface area contributed by atoms with E-state index in [1.165, 1.54) is 36.2 Å². The predicted molar refractivity (Wildman–Crippen MR) is 115 cm³/mol. The summed E-state index contributed by atoms with van der Waals surface area (Å²) in [6.07, 6.45) is 8.22. The second-order valence-corrected chi connectivity index (χ2v) is 7.98. The minimum atomic E-state index is -3.10. The number of guanidine groups is 1. The van der Waals surface area contributed by atoms with Gasteiger partial charge in [-0.1, -0.05) is 39.5 Å². The highest BCUT2D eigenvalue weighted by atomic mass is 127. The maximum Gasteiger partial charge on any atom is 0.211 e. The molecule has 0 spiro atoms. The predicted octanol–water partition coefficient (Wildman–Crippen LogP) is 2.80. The van der Waals surface area contributed by atoms with Crippen molar-refractivity contribution in [2.45, 2.75) is 65.3 Å².